The fourth-order valence-electron chi connectivity index (χ4n) is 3.67. The van der Waals surface area contributed by atoms with Crippen LogP contribution in [-0.4, -0.2) is 66.7 Å². The van der Waals surface area contributed by atoms with Gasteiger partial charge in [-0.05, 0) is 31.2 Å². The molecule has 1 unspecified atom stereocenters. The molecule has 1 fully saturated rings. The number of anilines is 2. The normalized spacial score (nSPS) is 18.6. The summed E-state index contributed by atoms with van der Waals surface area (Å²) in [4.78, 5) is 23.8. The lowest BCUT2D eigenvalue weighted by atomic mass is 10.1. The van der Waals surface area contributed by atoms with Gasteiger partial charge >= 0.3 is 6.03 Å². The van der Waals surface area contributed by atoms with E-state index in [1.807, 2.05) is 24.3 Å². The van der Waals surface area contributed by atoms with Gasteiger partial charge in [-0.15, -0.1) is 0 Å². The van der Waals surface area contributed by atoms with Crippen LogP contribution in [0.3, 0.4) is 0 Å². The average molecular weight is 413 g/mol. The lowest BCUT2D eigenvalue weighted by Crippen LogP contribution is -2.45. The van der Waals surface area contributed by atoms with Gasteiger partial charge in [-0.25, -0.2) is 14.8 Å². The molecule has 0 spiro atoms. The van der Waals surface area contributed by atoms with Gasteiger partial charge in [-0.2, -0.15) is 0 Å². The van der Waals surface area contributed by atoms with Crippen LogP contribution in [0, 0.1) is 0 Å². The molecule has 1 saturated heterocycles. The van der Waals surface area contributed by atoms with Gasteiger partial charge in [0.25, 0.3) is 0 Å². The monoisotopic (exact) mass is 413 g/mol. The van der Waals surface area contributed by atoms with Crippen molar-refractivity contribution in [3.8, 4) is 11.4 Å². The number of amides is 2. The summed E-state index contributed by atoms with van der Waals surface area (Å²) in [5, 5.41) is 14.1. The van der Waals surface area contributed by atoms with Crippen molar-refractivity contribution in [3.05, 3.63) is 35.5 Å². The standard InChI is InChI=1S/C21H27N5O4/c1-14-12-30-11-8-26(14)20-17-13-29-10-6-18(17)24-19(25-20)15-2-4-16(5-3-15)23-21(28)22-7-9-27/h2-5,14,27H,6-13H2,1H3,(H2,22,23,28). The summed E-state index contributed by atoms with van der Waals surface area (Å²) >= 11 is 0. The summed E-state index contributed by atoms with van der Waals surface area (Å²) in [6, 6.07) is 7.31. The maximum absolute atomic E-state index is 11.8. The molecule has 4 rings (SSSR count). The van der Waals surface area contributed by atoms with E-state index in [1.54, 1.807) is 0 Å². The van der Waals surface area contributed by atoms with E-state index in [0.29, 0.717) is 37.9 Å². The van der Waals surface area contributed by atoms with Crippen molar-refractivity contribution in [1.29, 1.82) is 0 Å². The van der Waals surface area contributed by atoms with Crippen LogP contribution in [0.1, 0.15) is 18.2 Å². The number of fused-ring (bicyclic) bond motifs is 1. The third-order valence-corrected chi connectivity index (χ3v) is 5.24. The Morgan fingerprint density at radius 1 is 1.23 bits per heavy atom. The lowest BCUT2D eigenvalue weighted by Gasteiger charge is -2.36. The number of hydrogen-bond acceptors (Lipinski definition) is 7. The Morgan fingerprint density at radius 2 is 2.07 bits per heavy atom. The van der Waals surface area contributed by atoms with E-state index >= 15 is 0 Å². The van der Waals surface area contributed by atoms with E-state index < -0.39 is 0 Å². The Bertz CT molecular complexity index is 890. The van der Waals surface area contributed by atoms with Crippen LogP contribution in [-0.2, 0) is 22.5 Å². The Balaban J connectivity index is 1.61. The Morgan fingerprint density at radius 3 is 2.83 bits per heavy atom. The second-order valence-electron chi connectivity index (χ2n) is 7.40. The molecule has 0 radical (unpaired) electrons. The summed E-state index contributed by atoms with van der Waals surface area (Å²) in [5.74, 6) is 1.59. The number of hydrogen-bond donors (Lipinski definition) is 3. The van der Waals surface area contributed by atoms with E-state index in [2.05, 4.69) is 22.5 Å². The fraction of sp³-hybridized carbons (Fsp3) is 0.476. The summed E-state index contributed by atoms with van der Waals surface area (Å²) in [6.07, 6.45) is 0.765. The summed E-state index contributed by atoms with van der Waals surface area (Å²) in [6.45, 7) is 5.57. The summed E-state index contributed by atoms with van der Waals surface area (Å²) in [5.41, 5.74) is 3.64. The zero-order chi connectivity index (χ0) is 20.9. The van der Waals surface area contributed by atoms with Gasteiger partial charge in [0.2, 0.25) is 0 Å². The zero-order valence-electron chi connectivity index (χ0n) is 17.1. The molecule has 3 N–H and O–H groups in total. The van der Waals surface area contributed by atoms with Crippen LogP contribution in [0.25, 0.3) is 11.4 Å². The Kier molecular flexibility index (Phi) is 6.41. The number of ether oxygens (including phenoxy) is 2. The maximum Gasteiger partial charge on any atom is 0.319 e. The first-order valence-electron chi connectivity index (χ1n) is 10.2. The molecule has 1 aromatic carbocycles. The zero-order valence-corrected chi connectivity index (χ0v) is 17.1. The van der Waals surface area contributed by atoms with Gasteiger partial charge in [0.05, 0.1) is 44.8 Å². The van der Waals surface area contributed by atoms with Crippen molar-refractivity contribution >= 4 is 17.5 Å². The highest BCUT2D eigenvalue weighted by Gasteiger charge is 2.27. The number of aliphatic hydroxyl groups is 1. The molecule has 3 heterocycles. The molecule has 9 heteroatoms. The number of rotatable bonds is 5. The maximum atomic E-state index is 11.8. The van der Waals surface area contributed by atoms with Crippen LogP contribution in [0.4, 0.5) is 16.3 Å². The molecule has 0 aliphatic carbocycles. The van der Waals surface area contributed by atoms with Crippen molar-refractivity contribution in [3.63, 3.8) is 0 Å². The van der Waals surface area contributed by atoms with Crippen molar-refractivity contribution in [2.45, 2.75) is 26.0 Å². The molecule has 9 nitrogen and oxygen atoms in total. The van der Waals surface area contributed by atoms with Gasteiger partial charge in [0.1, 0.15) is 5.82 Å². The molecule has 0 bridgehead atoms. The van der Waals surface area contributed by atoms with Crippen molar-refractivity contribution in [2.75, 3.05) is 49.7 Å². The largest absolute Gasteiger partial charge is 0.395 e. The molecule has 2 aliphatic rings. The minimum Gasteiger partial charge on any atom is -0.395 e. The SMILES string of the molecule is CC1COCCN1c1nc(-c2ccc(NC(=O)NCCO)cc2)nc2c1COCC2. The number of carbonyl (C=O) groups excluding carboxylic acids is 1. The molecular formula is C21H27N5O4. The van der Waals surface area contributed by atoms with Crippen LogP contribution in [0.15, 0.2) is 24.3 Å². The first kappa shape index (κ1) is 20.5. The van der Waals surface area contributed by atoms with E-state index in [4.69, 9.17) is 24.5 Å². The summed E-state index contributed by atoms with van der Waals surface area (Å²) < 4.78 is 11.3. The van der Waals surface area contributed by atoms with Crippen LogP contribution < -0.4 is 15.5 Å². The third kappa shape index (κ3) is 4.53. The highest BCUT2D eigenvalue weighted by Crippen LogP contribution is 2.31. The molecular weight excluding hydrogens is 386 g/mol. The second kappa shape index (κ2) is 9.38. The molecule has 1 aromatic heterocycles. The average Bonchev–Trinajstić information content (AvgIpc) is 2.78. The number of benzene rings is 1. The Hall–Kier alpha value is -2.75. The van der Waals surface area contributed by atoms with Gasteiger partial charge in [-0.1, -0.05) is 0 Å². The molecule has 30 heavy (non-hydrogen) atoms. The lowest BCUT2D eigenvalue weighted by molar-refractivity contribution is 0.0952. The van der Waals surface area contributed by atoms with Crippen LogP contribution in [0.5, 0.6) is 0 Å². The van der Waals surface area contributed by atoms with Crippen molar-refractivity contribution in [1.82, 2.24) is 15.3 Å². The van der Waals surface area contributed by atoms with Gasteiger partial charge in [-0.3, -0.25) is 0 Å². The molecule has 160 valence electrons. The minimum atomic E-state index is -0.356. The van der Waals surface area contributed by atoms with Crippen molar-refractivity contribution < 1.29 is 19.4 Å². The first-order valence-corrected chi connectivity index (χ1v) is 10.2. The summed E-state index contributed by atoms with van der Waals surface area (Å²) in [7, 11) is 0. The molecule has 2 aromatic rings. The van der Waals surface area contributed by atoms with Crippen molar-refractivity contribution in [2.24, 2.45) is 0 Å². The van der Waals surface area contributed by atoms with E-state index in [9.17, 15) is 4.79 Å². The number of nitrogens with one attached hydrogen (secondary N) is 2. The van der Waals surface area contributed by atoms with Crippen LogP contribution >= 0.6 is 0 Å². The number of morpholine rings is 1. The number of aliphatic hydroxyl groups excluding tert-OH is 1. The fourth-order valence-corrected chi connectivity index (χ4v) is 3.67. The van der Waals surface area contributed by atoms with E-state index in [1.165, 1.54) is 0 Å². The molecule has 1 atom stereocenters. The number of carbonyl (C=O) groups is 1. The number of urea groups is 1. The van der Waals surface area contributed by atoms with E-state index in [-0.39, 0.29) is 25.2 Å². The molecule has 2 amide bonds. The number of aromatic nitrogens is 2. The minimum absolute atomic E-state index is 0.100. The molecule has 0 saturated carbocycles. The predicted octanol–water partition coefficient (Wildman–Crippen LogP) is 1.56. The highest BCUT2D eigenvalue weighted by molar-refractivity contribution is 5.89. The third-order valence-electron chi connectivity index (χ3n) is 5.24. The predicted molar refractivity (Wildman–Crippen MR) is 113 cm³/mol. The van der Waals surface area contributed by atoms with E-state index in [0.717, 1.165) is 35.6 Å². The smallest absolute Gasteiger partial charge is 0.319 e. The quantitative estimate of drug-likeness (QED) is 0.682. The van der Waals surface area contributed by atoms with Gasteiger partial charge in [0, 0.05) is 36.3 Å². The van der Waals surface area contributed by atoms with Gasteiger partial charge < -0.3 is 30.1 Å². The van der Waals surface area contributed by atoms with Gasteiger partial charge in [0.15, 0.2) is 5.82 Å². The van der Waals surface area contributed by atoms with Crippen LogP contribution in [0.2, 0.25) is 0 Å². The first-order chi connectivity index (χ1) is 14.7. The Labute approximate surface area is 175 Å². The topological polar surface area (TPSA) is 109 Å². The molecule has 2 aliphatic heterocycles. The highest BCUT2D eigenvalue weighted by atomic mass is 16.5. The second-order valence-corrected chi connectivity index (χ2v) is 7.40. The number of nitrogens with zero attached hydrogens (tertiary/aromatic N) is 3.